The number of hydrogen-bond acceptors (Lipinski definition) is 7. The number of thiazole rings is 1. The Balaban J connectivity index is 1.42. The van der Waals surface area contributed by atoms with Crippen LogP contribution in [0.25, 0.3) is 10.6 Å². The molecule has 0 saturated heterocycles. The zero-order valence-electron chi connectivity index (χ0n) is 22.1. The van der Waals surface area contributed by atoms with Crippen LogP contribution >= 0.6 is 11.3 Å². The van der Waals surface area contributed by atoms with Crippen molar-refractivity contribution < 1.29 is 19.4 Å². The van der Waals surface area contributed by atoms with Gasteiger partial charge in [0.15, 0.2) is 5.76 Å². The van der Waals surface area contributed by atoms with Crippen molar-refractivity contribution in [2.45, 2.75) is 19.5 Å². The summed E-state index contributed by atoms with van der Waals surface area (Å²) in [6, 6.07) is 30.7. The van der Waals surface area contributed by atoms with Gasteiger partial charge in [-0.25, -0.2) is 4.98 Å². The molecule has 41 heavy (non-hydrogen) atoms. The van der Waals surface area contributed by atoms with E-state index >= 15 is 0 Å². The molecule has 0 spiro atoms. The van der Waals surface area contributed by atoms with Gasteiger partial charge in [-0.1, -0.05) is 66.7 Å². The molecule has 1 unspecified atom stereocenters. The molecule has 0 radical (unpaired) electrons. The molecule has 1 N–H and O–H groups in total. The largest absolute Gasteiger partial charge is 0.503 e. The number of amides is 1. The Morgan fingerprint density at radius 1 is 0.927 bits per heavy atom. The topological polar surface area (TPSA) is 92.6 Å². The van der Waals surface area contributed by atoms with E-state index in [-0.39, 0.29) is 12.1 Å². The Morgan fingerprint density at radius 3 is 2.37 bits per heavy atom. The molecular weight excluding hydrogens is 534 g/mol. The lowest BCUT2D eigenvalue weighted by Gasteiger charge is -2.27. The van der Waals surface area contributed by atoms with Crippen molar-refractivity contribution in [1.29, 1.82) is 0 Å². The number of aromatic nitrogens is 2. The second kappa shape index (κ2) is 11.2. The number of nitrogens with zero attached hydrogens (tertiary/aromatic N) is 3. The SMILES string of the molecule is Cc1nc(-c2ccccc2)sc1C(=O)C1=C(O)C(=O)N(Cc2ccccn2)C1c1cccc(Oc2ccccc2)c1. The van der Waals surface area contributed by atoms with Crippen LogP contribution in [0.2, 0.25) is 0 Å². The van der Waals surface area contributed by atoms with Gasteiger partial charge >= 0.3 is 0 Å². The molecular formula is C33H25N3O4S. The minimum atomic E-state index is -0.863. The fraction of sp³-hybridized carbons (Fsp3) is 0.0909. The molecule has 3 aromatic carbocycles. The van der Waals surface area contributed by atoms with E-state index in [1.54, 1.807) is 43.5 Å². The molecule has 1 amide bonds. The average molecular weight is 560 g/mol. The number of carbonyl (C=O) groups is 2. The molecule has 6 rings (SSSR count). The summed E-state index contributed by atoms with van der Waals surface area (Å²) < 4.78 is 6.05. The van der Waals surface area contributed by atoms with Gasteiger partial charge in [-0.05, 0) is 48.9 Å². The van der Waals surface area contributed by atoms with Gasteiger partial charge in [-0.15, -0.1) is 11.3 Å². The Kier molecular flexibility index (Phi) is 7.14. The van der Waals surface area contributed by atoms with Crippen molar-refractivity contribution in [3.8, 4) is 22.1 Å². The Bertz CT molecular complexity index is 1750. The first-order chi connectivity index (χ1) is 20.0. The molecule has 202 valence electrons. The zero-order chi connectivity index (χ0) is 28.3. The molecule has 7 nitrogen and oxygen atoms in total. The standard InChI is InChI=1S/C33H25N3O4S/c1-21-31(41-32(35-21)22-11-4-2-5-12-22)29(37)27-28(36(33(39)30(27)38)20-24-14-8-9-18-34-24)23-13-10-17-26(19-23)40-25-15-6-3-7-16-25/h2-19,28,38H,20H2,1H3. The Morgan fingerprint density at radius 2 is 1.63 bits per heavy atom. The van der Waals surface area contributed by atoms with Gasteiger partial charge < -0.3 is 14.7 Å². The summed E-state index contributed by atoms with van der Waals surface area (Å²) in [5, 5.41) is 11.9. The highest BCUT2D eigenvalue weighted by Crippen LogP contribution is 2.42. The van der Waals surface area contributed by atoms with Crippen LogP contribution in [0, 0.1) is 6.92 Å². The molecule has 0 saturated carbocycles. The first kappa shape index (κ1) is 26.2. The molecule has 1 aliphatic heterocycles. The summed E-state index contributed by atoms with van der Waals surface area (Å²) in [7, 11) is 0. The quantitative estimate of drug-likeness (QED) is 0.204. The van der Waals surface area contributed by atoms with Crippen LogP contribution in [0.4, 0.5) is 0 Å². The fourth-order valence-electron chi connectivity index (χ4n) is 4.87. The number of aryl methyl sites for hydroxylation is 1. The van der Waals surface area contributed by atoms with Crippen LogP contribution in [0.3, 0.4) is 0 Å². The normalized spacial score (nSPS) is 14.9. The number of ether oxygens (including phenoxy) is 1. The fourth-order valence-corrected chi connectivity index (χ4v) is 5.89. The van der Waals surface area contributed by atoms with Crippen LogP contribution in [-0.4, -0.2) is 31.7 Å². The maximum absolute atomic E-state index is 14.2. The molecule has 0 aliphatic carbocycles. The van der Waals surface area contributed by atoms with Crippen LogP contribution in [0.15, 0.2) is 121 Å². The summed E-state index contributed by atoms with van der Waals surface area (Å²) in [5.41, 5.74) is 2.69. The molecule has 0 fully saturated rings. The van der Waals surface area contributed by atoms with E-state index in [4.69, 9.17) is 4.74 Å². The van der Waals surface area contributed by atoms with Crippen LogP contribution in [0.5, 0.6) is 11.5 Å². The smallest absolute Gasteiger partial charge is 0.290 e. The highest BCUT2D eigenvalue weighted by molar-refractivity contribution is 7.17. The van der Waals surface area contributed by atoms with E-state index in [0.29, 0.717) is 38.3 Å². The number of ketones is 1. The van der Waals surface area contributed by atoms with Gasteiger partial charge in [0.1, 0.15) is 16.5 Å². The van der Waals surface area contributed by atoms with Gasteiger partial charge in [0.2, 0.25) is 5.78 Å². The maximum Gasteiger partial charge on any atom is 0.290 e. The zero-order valence-corrected chi connectivity index (χ0v) is 22.9. The van der Waals surface area contributed by atoms with E-state index in [1.807, 2.05) is 72.8 Å². The predicted molar refractivity (Wildman–Crippen MR) is 157 cm³/mol. The van der Waals surface area contributed by atoms with Gasteiger partial charge in [0.25, 0.3) is 5.91 Å². The summed E-state index contributed by atoms with van der Waals surface area (Å²) in [6.45, 7) is 1.87. The van der Waals surface area contributed by atoms with Crippen LogP contribution in [0.1, 0.15) is 32.7 Å². The lowest BCUT2D eigenvalue weighted by molar-refractivity contribution is -0.130. The number of rotatable bonds is 8. The van der Waals surface area contributed by atoms with Gasteiger partial charge in [0, 0.05) is 11.8 Å². The minimum Gasteiger partial charge on any atom is -0.503 e. The van der Waals surface area contributed by atoms with Crippen LogP contribution < -0.4 is 4.74 Å². The average Bonchev–Trinajstić information content (AvgIpc) is 3.51. The summed E-state index contributed by atoms with van der Waals surface area (Å²) in [6.07, 6.45) is 1.64. The number of pyridine rings is 1. The molecule has 2 aromatic heterocycles. The lowest BCUT2D eigenvalue weighted by atomic mass is 9.94. The molecule has 1 aliphatic rings. The third-order valence-electron chi connectivity index (χ3n) is 6.78. The Hall–Kier alpha value is -5.08. The molecule has 8 heteroatoms. The number of benzene rings is 3. The summed E-state index contributed by atoms with van der Waals surface area (Å²) in [4.78, 5) is 38.5. The van der Waals surface area contributed by atoms with Crippen molar-refractivity contribution in [2.75, 3.05) is 0 Å². The Labute approximate surface area is 241 Å². The number of para-hydroxylation sites is 1. The van der Waals surface area contributed by atoms with Gasteiger partial charge in [-0.2, -0.15) is 0 Å². The second-order valence-corrected chi connectivity index (χ2v) is 10.5. The van der Waals surface area contributed by atoms with Crippen molar-refractivity contribution in [2.24, 2.45) is 0 Å². The van der Waals surface area contributed by atoms with E-state index < -0.39 is 23.5 Å². The number of carbonyl (C=O) groups excluding carboxylic acids is 2. The summed E-state index contributed by atoms with van der Waals surface area (Å²) in [5.74, 6) is -0.447. The van der Waals surface area contributed by atoms with E-state index in [1.165, 1.54) is 16.2 Å². The second-order valence-electron chi connectivity index (χ2n) is 9.54. The number of aliphatic hydroxyl groups is 1. The van der Waals surface area contributed by atoms with Gasteiger partial charge in [-0.3, -0.25) is 14.6 Å². The highest BCUT2D eigenvalue weighted by atomic mass is 32.1. The summed E-state index contributed by atoms with van der Waals surface area (Å²) >= 11 is 1.25. The van der Waals surface area contributed by atoms with Crippen molar-refractivity contribution >= 4 is 23.0 Å². The van der Waals surface area contributed by atoms with Crippen molar-refractivity contribution in [3.63, 3.8) is 0 Å². The first-order valence-electron chi connectivity index (χ1n) is 13.0. The third kappa shape index (κ3) is 5.25. The number of Topliss-reactive ketones (excluding diaryl/α,β-unsaturated/α-hetero) is 1. The first-order valence-corrected chi connectivity index (χ1v) is 13.9. The number of aliphatic hydroxyl groups excluding tert-OH is 1. The molecule has 0 bridgehead atoms. The number of hydrogen-bond donors (Lipinski definition) is 1. The predicted octanol–water partition coefficient (Wildman–Crippen LogP) is 7.08. The monoisotopic (exact) mass is 559 g/mol. The minimum absolute atomic E-state index is 0.00848. The van der Waals surface area contributed by atoms with E-state index in [2.05, 4.69) is 9.97 Å². The molecule has 3 heterocycles. The van der Waals surface area contributed by atoms with E-state index in [9.17, 15) is 14.7 Å². The van der Waals surface area contributed by atoms with Crippen molar-refractivity contribution in [3.05, 3.63) is 142 Å². The molecule has 1 atom stereocenters. The molecule has 5 aromatic rings. The third-order valence-corrected chi connectivity index (χ3v) is 7.99. The van der Waals surface area contributed by atoms with Crippen molar-refractivity contribution in [1.82, 2.24) is 14.9 Å². The lowest BCUT2D eigenvalue weighted by Crippen LogP contribution is -2.31. The van der Waals surface area contributed by atoms with Gasteiger partial charge in [0.05, 0.1) is 34.4 Å². The maximum atomic E-state index is 14.2. The highest BCUT2D eigenvalue weighted by Gasteiger charge is 2.44. The van der Waals surface area contributed by atoms with E-state index in [0.717, 1.165) is 5.56 Å². The van der Waals surface area contributed by atoms with Crippen LogP contribution in [-0.2, 0) is 11.3 Å².